The summed E-state index contributed by atoms with van der Waals surface area (Å²) in [5.74, 6) is 0.716. The molecular weight excluding hydrogens is 1060 g/mol. The lowest BCUT2D eigenvalue weighted by Gasteiger charge is -1.97. The van der Waals surface area contributed by atoms with Crippen LogP contribution < -0.4 is 23.4 Å². The minimum Gasteiger partial charge on any atom is -0.261 e. The minimum atomic E-state index is 0.716. The van der Waals surface area contributed by atoms with Gasteiger partial charge in [-0.2, -0.15) is 20.4 Å². The van der Waals surface area contributed by atoms with Crippen LogP contribution in [0.3, 0.4) is 0 Å². The molecule has 20 nitrogen and oxygen atoms in total. The summed E-state index contributed by atoms with van der Waals surface area (Å²) in [6, 6.07) is 19.5. The summed E-state index contributed by atoms with van der Waals surface area (Å²) in [6.45, 7) is 35.4. The lowest BCUT2D eigenvalue weighted by molar-refractivity contribution is -0.753. The highest BCUT2D eigenvalue weighted by Crippen LogP contribution is 2.15. The molecule has 85 heavy (non-hydrogen) atoms. The van der Waals surface area contributed by atoms with Crippen LogP contribution in [0.25, 0.3) is 56.3 Å². The molecule has 0 fully saturated rings. The van der Waals surface area contributed by atoms with Gasteiger partial charge in [-0.3, -0.25) is 9.97 Å². The highest BCUT2D eigenvalue weighted by molar-refractivity contribution is 5.60. The molecular formula is C65H95N20+5. The maximum Gasteiger partial charge on any atom is 0.197 e. The normalized spacial score (nSPS) is 9.35. The standard InChI is InChI=1S/5C11H13N4.5C2H6/c1-2-6-15-7-3-10(8-14-15)11-9-12-4-5-13-11;1-2-7-15-8-4-10(9-14-15)11-12-5-3-6-13-11;1-2-6-15-7-4-10(8-14-15)11-3-5-12-9-13-11;1-2-6-15-7-4-11(9-14-15)10-3-5-12-13-8-10;1-2-7-15-8-5-10(9-13-15)11-4-3-6-12-14-11;5*1-2/h3-5,7-9H,2,6H2,1H3;3-6,8-9H,2,7H2,1H3;2*3-5,7-9H,2,6H2,1H3;3-6,8-9H,2,7H2,1H3;5*1-2H3/q5*+1;;;;;. The number of hydrogen-bond donors (Lipinski definition) is 0. The van der Waals surface area contributed by atoms with Gasteiger partial charge in [0.15, 0.2) is 69.5 Å². The molecule has 0 aliphatic heterocycles. The van der Waals surface area contributed by atoms with Gasteiger partial charge in [-0.25, -0.2) is 19.9 Å². The van der Waals surface area contributed by atoms with Gasteiger partial charge in [0.2, 0.25) is 0 Å². The van der Waals surface area contributed by atoms with Crippen molar-refractivity contribution >= 4 is 0 Å². The van der Waals surface area contributed by atoms with Gasteiger partial charge in [0.1, 0.15) is 37.3 Å². The number of hydrogen-bond acceptors (Lipinski definition) is 15. The highest BCUT2D eigenvalue weighted by Gasteiger charge is 2.08. The van der Waals surface area contributed by atoms with E-state index in [1.807, 2.05) is 203 Å². The molecule has 0 aromatic carbocycles. The minimum absolute atomic E-state index is 0.716. The van der Waals surface area contributed by atoms with Crippen LogP contribution >= 0.6 is 0 Å². The number of nitrogens with zero attached hydrogens (tertiary/aromatic N) is 20. The largest absolute Gasteiger partial charge is 0.261 e. The van der Waals surface area contributed by atoms with Gasteiger partial charge in [0.25, 0.3) is 0 Å². The summed E-state index contributed by atoms with van der Waals surface area (Å²) in [5.41, 5.74) is 8.68. The van der Waals surface area contributed by atoms with Crippen LogP contribution in [0.4, 0.5) is 0 Å². The first-order valence-electron chi connectivity index (χ1n) is 30.1. The van der Waals surface area contributed by atoms with Gasteiger partial charge in [0.05, 0.1) is 35.7 Å². The van der Waals surface area contributed by atoms with E-state index in [-0.39, 0.29) is 0 Å². The molecule has 10 aromatic rings. The van der Waals surface area contributed by atoms with E-state index in [1.165, 1.54) is 0 Å². The Balaban J connectivity index is 0.000000511. The first-order chi connectivity index (χ1) is 42.0. The van der Waals surface area contributed by atoms with Gasteiger partial charge in [0, 0.05) is 133 Å². The fraction of sp³-hybridized carbons (Fsp3) is 0.385. The van der Waals surface area contributed by atoms with Gasteiger partial charge in [-0.15, -0.1) is 0 Å². The van der Waals surface area contributed by atoms with E-state index in [4.69, 9.17) is 0 Å². The molecule has 0 saturated heterocycles. The van der Waals surface area contributed by atoms with E-state index < -0.39 is 0 Å². The molecule has 0 saturated carbocycles. The van der Waals surface area contributed by atoms with Crippen molar-refractivity contribution in [1.29, 1.82) is 0 Å². The Morgan fingerprint density at radius 2 is 0.729 bits per heavy atom. The molecule has 0 unspecified atom stereocenters. The Kier molecular flexibility index (Phi) is 42.9. The Bertz CT molecular complexity index is 2550. The Morgan fingerprint density at radius 1 is 0.294 bits per heavy atom. The smallest absolute Gasteiger partial charge is 0.197 e. The molecule has 0 amide bonds. The van der Waals surface area contributed by atoms with Gasteiger partial charge in [-0.1, -0.05) is 127 Å². The monoisotopic (exact) mass is 1160 g/mol. The second-order valence-corrected chi connectivity index (χ2v) is 16.4. The average Bonchev–Trinajstić information content (AvgIpc) is 3.71. The van der Waals surface area contributed by atoms with Crippen LogP contribution in [0.15, 0.2) is 185 Å². The summed E-state index contributed by atoms with van der Waals surface area (Å²) in [7, 11) is 0. The summed E-state index contributed by atoms with van der Waals surface area (Å²) in [5, 5.41) is 36.9. The Hall–Kier alpha value is -9.20. The van der Waals surface area contributed by atoms with Crippen LogP contribution in [0.1, 0.15) is 136 Å². The molecule has 0 atom stereocenters. The summed E-state index contributed by atoms with van der Waals surface area (Å²) in [6.07, 6.45) is 41.3. The first-order valence-corrected chi connectivity index (χ1v) is 30.1. The predicted molar refractivity (Wildman–Crippen MR) is 335 cm³/mol. The average molecular weight is 1160 g/mol. The fourth-order valence-electron chi connectivity index (χ4n) is 6.76. The fourth-order valence-corrected chi connectivity index (χ4v) is 6.76. The van der Waals surface area contributed by atoms with Crippen molar-refractivity contribution in [3.05, 3.63) is 185 Å². The zero-order valence-corrected chi connectivity index (χ0v) is 53.3. The molecule has 0 N–H and O–H groups in total. The van der Waals surface area contributed by atoms with Crippen molar-refractivity contribution in [3.8, 4) is 56.3 Å². The molecule has 20 heteroatoms. The molecule has 0 spiro atoms. The summed E-state index contributed by atoms with van der Waals surface area (Å²) >= 11 is 0. The van der Waals surface area contributed by atoms with Crippen LogP contribution in [-0.4, -0.2) is 75.8 Å². The maximum atomic E-state index is 4.31. The molecule has 450 valence electrons. The van der Waals surface area contributed by atoms with E-state index in [0.717, 1.165) is 115 Å². The number of aryl methyl sites for hydroxylation is 5. The first kappa shape index (κ1) is 73.8. The lowest BCUT2D eigenvalue weighted by atomic mass is 10.1. The van der Waals surface area contributed by atoms with Crippen LogP contribution in [0, 0.1) is 0 Å². The van der Waals surface area contributed by atoms with Crippen LogP contribution in [-0.2, 0) is 32.7 Å². The molecule has 0 bridgehead atoms. The molecule has 0 aliphatic rings. The maximum absolute atomic E-state index is 4.31. The van der Waals surface area contributed by atoms with E-state index in [1.54, 1.807) is 74.4 Å². The van der Waals surface area contributed by atoms with Crippen molar-refractivity contribution < 1.29 is 23.4 Å². The van der Waals surface area contributed by atoms with Crippen molar-refractivity contribution in [2.75, 3.05) is 0 Å². The number of rotatable bonds is 15. The van der Waals surface area contributed by atoms with E-state index >= 15 is 0 Å². The van der Waals surface area contributed by atoms with E-state index in [2.05, 4.69) is 110 Å². The summed E-state index contributed by atoms with van der Waals surface area (Å²) in [4.78, 5) is 24.6. The van der Waals surface area contributed by atoms with Gasteiger partial charge < -0.3 is 0 Å². The second-order valence-electron chi connectivity index (χ2n) is 16.4. The highest BCUT2D eigenvalue weighted by atomic mass is 15.3. The van der Waals surface area contributed by atoms with Crippen molar-refractivity contribution in [3.63, 3.8) is 0 Å². The summed E-state index contributed by atoms with van der Waals surface area (Å²) < 4.78 is 9.59. The molecule has 0 aliphatic carbocycles. The SMILES string of the molecule is CC.CC.CC.CC.CC.CCC[n+]1ccc(-c2cccnn2)cn1.CCC[n+]1ccc(-c2ccncn2)cn1.CCC[n+]1ccc(-c2ccnnc2)cn1.CCC[n+]1ccc(-c2cnccn2)cn1.CCC[n+]1ccc(-c2ncccn2)cn1. The zero-order chi connectivity index (χ0) is 62.6. The molecule has 10 rings (SSSR count). The van der Waals surface area contributed by atoms with Crippen molar-refractivity contribution in [2.45, 2.75) is 169 Å². The van der Waals surface area contributed by atoms with Crippen LogP contribution in [0.2, 0.25) is 0 Å². The van der Waals surface area contributed by atoms with E-state index in [9.17, 15) is 0 Å². The van der Waals surface area contributed by atoms with Crippen molar-refractivity contribution in [1.82, 2.24) is 75.8 Å². The molecule has 10 heterocycles. The lowest BCUT2D eigenvalue weighted by Crippen LogP contribution is -2.36. The van der Waals surface area contributed by atoms with Crippen LogP contribution in [0.5, 0.6) is 0 Å². The Labute approximate surface area is 506 Å². The second kappa shape index (κ2) is 49.4. The molecule has 10 aromatic heterocycles. The third-order valence-corrected chi connectivity index (χ3v) is 10.5. The third-order valence-electron chi connectivity index (χ3n) is 10.5. The van der Waals surface area contributed by atoms with Crippen molar-refractivity contribution in [2.24, 2.45) is 0 Å². The van der Waals surface area contributed by atoms with Gasteiger partial charge in [-0.05, 0) is 55.8 Å². The predicted octanol–water partition coefficient (Wildman–Crippen LogP) is 11.3. The van der Waals surface area contributed by atoms with E-state index in [0.29, 0.717) is 5.82 Å². The number of aromatic nitrogens is 20. The molecule has 0 radical (unpaired) electrons. The van der Waals surface area contributed by atoms with Gasteiger partial charge >= 0.3 is 0 Å². The quantitative estimate of drug-likeness (QED) is 0.0873. The zero-order valence-electron chi connectivity index (χ0n) is 53.3. The topological polar surface area (TPSA) is 213 Å². The third kappa shape index (κ3) is 29.6. The Morgan fingerprint density at radius 3 is 1.09 bits per heavy atom.